The summed E-state index contributed by atoms with van der Waals surface area (Å²) < 4.78 is 0. The monoisotopic (exact) mass is 277 g/mol. The van der Waals surface area contributed by atoms with Crippen LogP contribution in [0.25, 0.3) is 0 Å². The molecule has 1 heterocycles. The summed E-state index contributed by atoms with van der Waals surface area (Å²) in [7, 11) is 1.65. The number of anilines is 1. The van der Waals surface area contributed by atoms with Gasteiger partial charge in [-0.15, -0.1) is 0 Å². The predicted octanol–water partition coefficient (Wildman–Crippen LogP) is 1.32. The van der Waals surface area contributed by atoms with E-state index in [1.54, 1.807) is 20.0 Å². The van der Waals surface area contributed by atoms with Crippen LogP contribution in [0.2, 0.25) is 0 Å². The Morgan fingerprint density at radius 2 is 2.20 bits per heavy atom. The summed E-state index contributed by atoms with van der Waals surface area (Å²) in [6, 6.07) is 4.52. The number of nitro benzene ring substituents is 1. The van der Waals surface area contributed by atoms with Gasteiger partial charge in [-0.05, 0) is 13.0 Å². The largest absolute Gasteiger partial charge is 0.345 e. The lowest BCUT2D eigenvalue weighted by atomic mass is 10.1. The van der Waals surface area contributed by atoms with E-state index in [1.807, 2.05) is 0 Å². The van der Waals surface area contributed by atoms with Gasteiger partial charge in [0, 0.05) is 26.1 Å². The van der Waals surface area contributed by atoms with Crippen LogP contribution in [0, 0.1) is 23.0 Å². The Morgan fingerprint density at radius 1 is 1.50 bits per heavy atom. The quantitative estimate of drug-likeness (QED) is 0.666. The second kappa shape index (κ2) is 5.28. The molecule has 0 radical (unpaired) electrons. The molecule has 1 atom stereocenters. The number of nitrogens with zero attached hydrogens (tertiary/aromatic N) is 2. The first-order valence-electron chi connectivity index (χ1n) is 6.19. The predicted molar refractivity (Wildman–Crippen MR) is 72.2 cm³/mol. The van der Waals surface area contributed by atoms with Gasteiger partial charge in [0.25, 0.3) is 5.69 Å². The summed E-state index contributed by atoms with van der Waals surface area (Å²) in [5.41, 5.74) is 0.775. The minimum atomic E-state index is -0.488. The second-order valence-corrected chi connectivity index (χ2v) is 4.87. The van der Waals surface area contributed by atoms with Gasteiger partial charge >= 0.3 is 0 Å². The minimum Gasteiger partial charge on any atom is -0.345 e. The number of hydrogen-bond donors (Lipinski definition) is 1. The number of carbonyl (C=O) groups excluding carboxylic acids is 2. The molecule has 1 aromatic carbocycles. The highest BCUT2D eigenvalue weighted by Gasteiger charge is 2.32. The van der Waals surface area contributed by atoms with E-state index in [-0.39, 0.29) is 23.9 Å². The van der Waals surface area contributed by atoms with E-state index in [4.69, 9.17) is 0 Å². The third-order valence-electron chi connectivity index (χ3n) is 3.47. The van der Waals surface area contributed by atoms with Crippen molar-refractivity contribution < 1.29 is 14.5 Å². The summed E-state index contributed by atoms with van der Waals surface area (Å²) in [5.74, 6) is -0.765. The number of nitro groups is 1. The molecule has 7 nitrogen and oxygen atoms in total. The van der Waals surface area contributed by atoms with Gasteiger partial charge in [0.1, 0.15) is 0 Å². The van der Waals surface area contributed by atoms with E-state index in [2.05, 4.69) is 5.32 Å². The van der Waals surface area contributed by atoms with Gasteiger partial charge in [-0.2, -0.15) is 0 Å². The maximum atomic E-state index is 12.1. The fourth-order valence-corrected chi connectivity index (χ4v) is 2.23. The Kier molecular flexibility index (Phi) is 3.69. The average Bonchev–Trinajstić information content (AvgIpc) is 2.72. The smallest absolute Gasteiger partial charge is 0.274 e. The van der Waals surface area contributed by atoms with Crippen molar-refractivity contribution in [2.24, 2.45) is 5.92 Å². The first-order chi connectivity index (χ1) is 9.40. The third kappa shape index (κ3) is 2.61. The number of carbonyl (C=O) groups is 2. The zero-order valence-electron chi connectivity index (χ0n) is 11.3. The van der Waals surface area contributed by atoms with Crippen molar-refractivity contribution in [1.82, 2.24) is 4.90 Å². The first kappa shape index (κ1) is 14.0. The molecule has 2 amide bonds. The molecule has 0 saturated carbocycles. The SMILES string of the molecule is Cc1c(NC(=O)[C@@H]2CC(=O)N(C)C2)cccc1[N+](=O)[O-]. The zero-order valence-corrected chi connectivity index (χ0v) is 11.3. The average molecular weight is 277 g/mol. The molecule has 1 fully saturated rings. The Hall–Kier alpha value is -2.44. The maximum absolute atomic E-state index is 12.1. The van der Waals surface area contributed by atoms with E-state index >= 15 is 0 Å². The van der Waals surface area contributed by atoms with Gasteiger partial charge < -0.3 is 10.2 Å². The number of nitrogens with one attached hydrogen (secondary N) is 1. The van der Waals surface area contributed by atoms with Crippen molar-refractivity contribution in [2.45, 2.75) is 13.3 Å². The Bertz CT molecular complexity index is 585. The molecule has 20 heavy (non-hydrogen) atoms. The molecule has 7 heteroatoms. The van der Waals surface area contributed by atoms with Gasteiger partial charge in [-0.1, -0.05) is 6.07 Å². The van der Waals surface area contributed by atoms with Crippen LogP contribution in [0.5, 0.6) is 0 Å². The van der Waals surface area contributed by atoms with Gasteiger partial charge in [-0.25, -0.2) is 0 Å². The highest BCUT2D eigenvalue weighted by atomic mass is 16.6. The van der Waals surface area contributed by atoms with E-state index in [9.17, 15) is 19.7 Å². The molecule has 1 N–H and O–H groups in total. The molecule has 1 saturated heterocycles. The number of hydrogen-bond acceptors (Lipinski definition) is 4. The van der Waals surface area contributed by atoms with Crippen LogP contribution in [-0.4, -0.2) is 35.2 Å². The van der Waals surface area contributed by atoms with Crippen LogP contribution in [0.15, 0.2) is 18.2 Å². The molecule has 2 rings (SSSR count). The van der Waals surface area contributed by atoms with Crippen molar-refractivity contribution >= 4 is 23.2 Å². The third-order valence-corrected chi connectivity index (χ3v) is 3.47. The van der Waals surface area contributed by atoms with Crippen LogP contribution < -0.4 is 5.32 Å². The molecule has 1 aliphatic heterocycles. The molecule has 0 spiro atoms. The Balaban J connectivity index is 2.15. The molecule has 0 bridgehead atoms. The molecule has 0 unspecified atom stereocenters. The summed E-state index contributed by atoms with van der Waals surface area (Å²) >= 11 is 0. The van der Waals surface area contributed by atoms with E-state index < -0.39 is 10.8 Å². The van der Waals surface area contributed by atoms with Crippen LogP contribution in [0.3, 0.4) is 0 Å². The molecular weight excluding hydrogens is 262 g/mol. The standard InChI is InChI=1S/C13H15N3O4/c1-8-10(4-3-5-11(8)16(19)20)14-13(18)9-6-12(17)15(2)7-9/h3-5,9H,6-7H2,1-2H3,(H,14,18)/t9-/m1/s1. The summed E-state index contributed by atoms with van der Waals surface area (Å²) in [5, 5.41) is 13.5. The first-order valence-corrected chi connectivity index (χ1v) is 6.19. The number of likely N-dealkylation sites (tertiary alicyclic amines) is 1. The molecular formula is C13H15N3O4. The van der Waals surface area contributed by atoms with Gasteiger partial charge in [-0.3, -0.25) is 19.7 Å². The van der Waals surface area contributed by atoms with Gasteiger partial charge in [0.2, 0.25) is 11.8 Å². The second-order valence-electron chi connectivity index (χ2n) is 4.87. The molecule has 0 aromatic heterocycles. The highest BCUT2D eigenvalue weighted by molar-refractivity contribution is 5.97. The summed E-state index contributed by atoms with van der Waals surface area (Å²) in [4.78, 5) is 35.3. The lowest BCUT2D eigenvalue weighted by molar-refractivity contribution is -0.385. The van der Waals surface area contributed by atoms with Crippen molar-refractivity contribution in [1.29, 1.82) is 0 Å². The fourth-order valence-electron chi connectivity index (χ4n) is 2.23. The Labute approximate surface area is 115 Å². The van der Waals surface area contributed by atoms with Gasteiger partial charge in [0.05, 0.1) is 22.1 Å². The Morgan fingerprint density at radius 3 is 2.75 bits per heavy atom. The van der Waals surface area contributed by atoms with E-state index in [1.165, 1.54) is 17.0 Å². The lowest BCUT2D eigenvalue weighted by Gasteiger charge is -2.12. The van der Waals surface area contributed by atoms with E-state index in [0.29, 0.717) is 17.8 Å². The topological polar surface area (TPSA) is 92.6 Å². The normalized spacial score (nSPS) is 18.2. The highest BCUT2D eigenvalue weighted by Crippen LogP contribution is 2.26. The van der Waals surface area contributed by atoms with Crippen LogP contribution >= 0.6 is 0 Å². The van der Waals surface area contributed by atoms with Crippen molar-refractivity contribution in [3.05, 3.63) is 33.9 Å². The zero-order chi connectivity index (χ0) is 14.9. The summed E-state index contributed by atoms with van der Waals surface area (Å²) in [6.07, 6.45) is 0.177. The fraction of sp³-hybridized carbons (Fsp3) is 0.385. The maximum Gasteiger partial charge on any atom is 0.274 e. The van der Waals surface area contributed by atoms with Crippen molar-refractivity contribution in [3.63, 3.8) is 0 Å². The summed E-state index contributed by atoms with van der Waals surface area (Å²) in [6.45, 7) is 1.96. The van der Waals surface area contributed by atoms with Crippen LogP contribution in [-0.2, 0) is 9.59 Å². The molecule has 106 valence electrons. The molecule has 1 aromatic rings. The van der Waals surface area contributed by atoms with Crippen LogP contribution in [0.1, 0.15) is 12.0 Å². The van der Waals surface area contributed by atoms with Gasteiger partial charge in [0.15, 0.2) is 0 Å². The minimum absolute atomic E-state index is 0.0394. The molecule has 0 aliphatic carbocycles. The van der Waals surface area contributed by atoms with Crippen molar-refractivity contribution in [2.75, 3.05) is 18.9 Å². The number of amides is 2. The van der Waals surface area contributed by atoms with Crippen LogP contribution in [0.4, 0.5) is 11.4 Å². The number of benzene rings is 1. The lowest BCUT2D eigenvalue weighted by Crippen LogP contribution is -2.26. The van der Waals surface area contributed by atoms with E-state index in [0.717, 1.165) is 0 Å². The van der Waals surface area contributed by atoms with Crippen molar-refractivity contribution in [3.8, 4) is 0 Å². The molecule has 1 aliphatic rings. The number of rotatable bonds is 3.